The van der Waals surface area contributed by atoms with E-state index in [1.54, 1.807) is 0 Å². The Balaban J connectivity index is 1.53. The first-order valence-corrected chi connectivity index (χ1v) is 13.2. The van der Waals surface area contributed by atoms with Crippen LogP contribution in [0.3, 0.4) is 0 Å². The van der Waals surface area contributed by atoms with E-state index in [0.29, 0.717) is 24.7 Å². The van der Waals surface area contributed by atoms with Crippen LogP contribution in [0.4, 0.5) is 4.79 Å². The molecule has 11 atom stereocenters. The Morgan fingerprint density at radius 2 is 1.74 bits per heavy atom. The second-order valence-electron chi connectivity index (χ2n) is 12.2. The number of esters is 1. The summed E-state index contributed by atoms with van der Waals surface area (Å²) in [6.07, 6.45) is 5.53. The largest absolute Gasteiger partial charge is 0.508 e. The van der Waals surface area contributed by atoms with E-state index < -0.39 is 18.4 Å². The molecule has 0 unspecified atom stereocenters. The van der Waals surface area contributed by atoms with Crippen molar-refractivity contribution in [3.8, 4) is 0 Å². The second kappa shape index (κ2) is 9.61. The van der Waals surface area contributed by atoms with Crippen molar-refractivity contribution in [3.05, 3.63) is 0 Å². The lowest BCUT2D eigenvalue weighted by molar-refractivity contribution is -0.207. The van der Waals surface area contributed by atoms with Crippen LogP contribution in [0.1, 0.15) is 78.6 Å². The summed E-state index contributed by atoms with van der Waals surface area (Å²) < 4.78 is 15.0. The van der Waals surface area contributed by atoms with Crippen molar-refractivity contribution >= 4 is 12.1 Å². The van der Waals surface area contributed by atoms with E-state index in [1.165, 1.54) is 14.2 Å². The highest BCUT2D eigenvalue weighted by Crippen LogP contribution is 2.68. The molecule has 2 N–H and O–H groups in total. The molecule has 7 heteroatoms. The van der Waals surface area contributed by atoms with E-state index in [-0.39, 0.29) is 46.6 Å². The van der Waals surface area contributed by atoms with Crippen LogP contribution < -0.4 is 0 Å². The first-order valence-electron chi connectivity index (χ1n) is 13.2. The molecule has 4 saturated carbocycles. The molecule has 7 nitrogen and oxygen atoms in total. The van der Waals surface area contributed by atoms with Gasteiger partial charge in [0.25, 0.3) is 0 Å². The van der Waals surface area contributed by atoms with Gasteiger partial charge >= 0.3 is 12.1 Å². The van der Waals surface area contributed by atoms with Crippen molar-refractivity contribution in [1.29, 1.82) is 0 Å². The molecule has 194 valence electrons. The minimum absolute atomic E-state index is 0.0246. The molecule has 0 saturated heterocycles. The van der Waals surface area contributed by atoms with Gasteiger partial charge in [0, 0.05) is 6.42 Å². The molecule has 34 heavy (non-hydrogen) atoms. The normalized spacial score (nSPS) is 46.4. The first-order chi connectivity index (χ1) is 16.1. The average Bonchev–Trinajstić information content (AvgIpc) is 3.17. The predicted molar refractivity (Wildman–Crippen MR) is 126 cm³/mol. The molecule has 0 bridgehead atoms. The Morgan fingerprint density at radius 1 is 1.00 bits per heavy atom. The number of fused-ring (bicyclic) bond motifs is 5. The van der Waals surface area contributed by atoms with Gasteiger partial charge in [-0.2, -0.15) is 0 Å². The van der Waals surface area contributed by atoms with Crippen molar-refractivity contribution < 1.29 is 34.0 Å². The van der Waals surface area contributed by atoms with Gasteiger partial charge in [0.1, 0.15) is 6.10 Å². The van der Waals surface area contributed by atoms with Gasteiger partial charge in [-0.25, -0.2) is 4.79 Å². The molecule has 4 aliphatic rings. The summed E-state index contributed by atoms with van der Waals surface area (Å²) in [5, 5.41) is 23.1. The molecule has 0 spiro atoms. The van der Waals surface area contributed by atoms with Gasteiger partial charge in [-0.1, -0.05) is 20.8 Å². The summed E-state index contributed by atoms with van der Waals surface area (Å²) >= 11 is 0. The lowest BCUT2D eigenvalue weighted by Crippen LogP contribution is -2.62. The smallest absolute Gasteiger partial charge is 0.469 e. The molecule has 0 heterocycles. The third-order valence-corrected chi connectivity index (χ3v) is 11.0. The molecule has 4 rings (SSSR count). The molecular formula is C27H44O7. The fourth-order valence-electron chi connectivity index (χ4n) is 9.05. The SMILES string of the molecule is COC(=O)CC[C@@H](C)[C@H]1CC[C@H]2[C@@H]3[C@H](O)C[C@H]4C[C@H](OC(=O)OC)CC[C@]4(C)[C@H]3C[C@H](O)[C@]12C. The molecular weight excluding hydrogens is 436 g/mol. The van der Waals surface area contributed by atoms with Crippen LogP contribution >= 0.6 is 0 Å². The monoisotopic (exact) mass is 480 g/mol. The highest BCUT2D eigenvalue weighted by Gasteiger charge is 2.65. The van der Waals surface area contributed by atoms with Gasteiger partial charge in [-0.05, 0) is 97.7 Å². The van der Waals surface area contributed by atoms with Crippen LogP contribution in [0.5, 0.6) is 0 Å². The number of hydrogen-bond donors (Lipinski definition) is 2. The Labute approximate surface area is 203 Å². The van der Waals surface area contributed by atoms with Crippen molar-refractivity contribution in [2.75, 3.05) is 14.2 Å². The van der Waals surface area contributed by atoms with Gasteiger partial charge < -0.3 is 24.4 Å². The Bertz CT molecular complexity index is 770. The minimum Gasteiger partial charge on any atom is -0.469 e. The van der Waals surface area contributed by atoms with Gasteiger partial charge in [0.2, 0.25) is 0 Å². The van der Waals surface area contributed by atoms with E-state index in [4.69, 9.17) is 14.2 Å². The summed E-state index contributed by atoms with van der Waals surface area (Å²) in [6.45, 7) is 6.79. The van der Waals surface area contributed by atoms with Crippen LogP contribution in [0, 0.1) is 46.3 Å². The molecule has 4 fully saturated rings. The third-order valence-electron chi connectivity index (χ3n) is 11.0. The van der Waals surface area contributed by atoms with E-state index >= 15 is 0 Å². The summed E-state index contributed by atoms with van der Waals surface area (Å²) in [5.74, 6) is 1.46. The number of rotatable bonds is 5. The molecule has 0 aromatic carbocycles. The highest BCUT2D eigenvalue weighted by molar-refractivity contribution is 5.69. The Morgan fingerprint density at radius 3 is 2.41 bits per heavy atom. The molecule has 4 aliphatic carbocycles. The Kier molecular flexibility index (Phi) is 7.27. The van der Waals surface area contributed by atoms with Gasteiger partial charge in [-0.15, -0.1) is 0 Å². The zero-order valence-electron chi connectivity index (χ0n) is 21.5. The zero-order valence-corrected chi connectivity index (χ0v) is 21.5. The number of aliphatic hydroxyl groups is 2. The fourth-order valence-corrected chi connectivity index (χ4v) is 9.05. The van der Waals surface area contributed by atoms with Crippen LogP contribution in [0.15, 0.2) is 0 Å². The summed E-state index contributed by atoms with van der Waals surface area (Å²) in [7, 11) is 2.76. The number of carbonyl (C=O) groups excluding carboxylic acids is 2. The lowest BCUT2D eigenvalue weighted by atomic mass is 9.43. The van der Waals surface area contributed by atoms with E-state index in [9.17, 15) is 19.8 Å². The number of aliphatic hydroxyl groups excluding tert-OH is 2. The highest BCUT2D eigenvalue weighted by atomic mass is 16.7. The van der Waals surface area contributed by atoms with Crippen molar-refractivity contribution in [2.24, 2.45) is 46.3 Å². The summed E-state index contributed by atoms with van der Waals surface area (Å²) in [6, 6.07) is 0. The maximum atomic E-state index is 11.7. The van der Waals surface area contributed by atoms with Gasteiger partial charge in [0.05, 0.1) is 26.4 Å². The first kappa shape index (κ1) is 25.7. The van der Waals surface area contributed by atoms with Crippen LogP contribution in [0.2, 0.25) is 0 Å². The number of carbonyl (C=O) groups is 2. The predicted octanol–water partition coefficient (Wildman–Crippen LogP) is 4.33. The van der Waals surface area contributed by atoms with Gasteiger partial charge in [-0.3, -0.25) is 4.79 Å². The third kappa shape index (κ3) is 4.15. The molecule has 0 aromatic rings. The minimum atomic E-state index is -0.634. The molecule has 0 aliphatic heterocycles. The average molecular weight is 481 g/mol. The lowest BCUT2D eigenvalue weighted by Gasteiger charge is -2.63. The molecule has 0 aromatic heterocycles. The summed E-state index contributed by atoms with van der Waals surface area (Å²) in [4.78, 5) is 23.4. The van der Waals surface area contributed by atoms with Crippen molar-refractivity contribution in [2.45, 2.75) is 96.9 Å². The molecule has 0 amide bonds. The van der Waals surface area contributed by atoms with E-state index in [1.807, 2.05) is 0 Å². The quantitative estimate of drug-likeness (QED) is 0.565. The number of ether oxygens (including phenoxy) is 3. The number of methoxy groups -OCH3 is 2. The van der Waals surface area contributed by atoms with Crippen LogP contribution in [-0.2, 0) is 19.0 Å². The van der Waals surface area contributed by atoms with E-state index in [0.717, 1.165) is 44.9 Å². The molecule has 0 radical (unpaired) electrons. The summed E-state index contributed by atoms with van der Waals surface area (Å²) in [5.41, 5.74) is -0.219. The maximum Gasteiger partial charge on any atom is 0.508 e. The van der Waals surface area contributed by atoms with E-state index in [2.05, 4.69) is 20.8 Å². The Hall–Kier alpha value is -1.34. The fraction of sp³-hybridized carbons (Fsp3) is 0.926. The maximum absolute atomic E-state index is 11.7. The van der Waals surface area contributed by atoms with Crippen molar-refractivity contribution in [1.82, 2.24) is 0 Å². The van der Waals surface area contributed by atoms with Crippen molar-refractivity contribution in [3.63, 3.8) is 0 Å². The number of hydrogen-bond acceptors (Lipinski definition) is 7. The zero-order chi connectivity index (χ0) is 24.8. The standard InChI is InChI=1S/C27H44O7/c1-15(6-9-23(30)32-4)18-7-8-19-24-20(14-22(29)27(18,19)3)26(2)11-10-17(34-25(31)33-5)12-16(26)13-21(24)28/h15-22,24,28-29H,6-14H2,1-5H3/t15-,16-,17-,18-,19+,20+,21-,22+,24+,26+,27-/m1/s1. The van der Waals surface area contributed by atoms with Gasteiger partial charge in [0.15, 0.2) is 0 Å². The second-order valence-corrected chi connectivity index (χ2v) is 12.2. The van der Waals surface area contributed by atoms with Crippen LogP contribution in [-0.4, -0.2) is 54.9 Å². The topological polar surface area (TPSA) is 102 Å². The van der Waals surface area contributed by atoms with Crippen LogP contribution in [0.25, 0.3) is 0 Å².